The third kappa shape index (κ3) is 2.77. The molecule has 1 aromatic heterocycles. The molecule has 0 bridgehead atoms. The maximum Gasteiger partial charge on any atom is 0.255 e. The van der Waals surface area contributed by atoms with Crippen LogP contribution in [-0.2, 0) is 17.8 Å². The molecule has 1 unspecified atom stereocenters. The highest BCUT2D eigenvalue weighted by Crippen LogP contribution is 2.28. The number of piperazine rings is 1. The van der Waals surface area contributed by atoms with Crippen LogP contribution >= 0.6 is 12.4 Å². The maximum atomic E-state index is 12.8. The molecule has 1 aromatic rings. The van der Waals surface area contributed by atoms with Crippen LogP contribution in [0.3, 0.4) is 0 Å². The SMILES string of the molecule is CC1(C)CNCCN1C(=O)C1(O)CCn2ncnc2C1.Cl. The van der Waals surface area contributed by atoms with Crippen molar-refractivity contribution < 1.29 is 9.90 Å². The van der Waals surface area contributed by atoms with Crippen molar-refractivity contribution in [3.05, 3.63) is 12.2 Å². The Labute approximate surface area is 130 Å². The summed E-state index contributed by atoms with van der Waals surface area (Å²) in [4.78, 5) is 18.7. The van der Waals surface area contributed by atoms with Gasteiger partial charge in [-0.15, -0.1) is 12.4 Å². The van der Waals surface area contributed by atoms with Crippen LogP contribution in [0.4, 0.5) is 0 Å². The van der Waals surface area contributed by atoms with Crippen molar-refractivity contribution >= 4 is 18.3 Å². The Morgan fingerprint density at radius 1 is 1.43 bits per heavy atom. The molecule has 0 aromatic carbocycles. The molecule has 21 heavy (non-hydrogen) atoms. The number of amides is 1. The van der Waals surface area contributed by atoms with Gasteiger partial charge in [0.05, 0.1) is 0 Å². The van der Waals surface area contributed by atoms with Crippen LogP contribution in [0.5, 0.6) is 0 Å². The monoisotopic (exact) mass is 315 g/mol. The van der Waals surface area contributed by atoms with Crippen molar-refractivity contribution in [2.75, 3.05) is 19.6 Å². The van der Waals surface area contributed by atoms with E-state index < -0.39 is 5.60 Å². The molecule has 1 atom stereocenters. The number of fused-ring (bicyclic) bond motifs is 1. The normalized spacial score (nSPS) is 27.7. The highest BCUT2D eigenvalue weighted by Gasteiger charge is 2.46. The number of aliphatic hydroxyl groups is 1. The molecule has 0 spiro atoms. The van der Waals surface area contributed by atoms with Gasteiger partial charge >= 0.3 is 0 Å². The Morgan fingerprint density at radius 2 is 2.19 bits per heavy atom. The smallest absolute Gasteiger partial charge is 0.255 e. The molecule has 0 saturated carbocycles. The molecule has 2 aliphatic heterocycles. The minimum atomic E-state index is -1.35. The van der Waals surface area contributed by atoms with Crippen LogP contribution in [0, 0.1) is 0 Å². The van der Waals surface area contributed by atoms with Crippen LogP contribution in [0.2, 0.25) is 0 Å². The van der Waals surface area contributed by atoms with Crippen LogP contribution in [0.25, 0.3) is 0 Å². The number of hydrogen-bond donors (Lipinski definition) is 2. The molecule has 2 N–H and O–H groups in total. The van der Waals surface area contributed by atoms with Gasteiger partial charge in [0.2, 0.25) is 0 Å². The molecule has 0 aliphatic carbocycles. The molecule has 3 rings (SSSR count). The second-order valence-electron chi connectivity index (χ2n) is 6.30. The molecule has 118 valence electrons. The van der Waals surface area contributed by atoms with Crippen molar-refractivity contribution in [1.82, 2.24) is 25.0 Å². The van der Waals surface area contributed by atoms with Gasteiger partial charge in [-0.1, -0.05) is 0 Å². The highest BCUT2D eigenvalue weighted by atomic mass is 35.5. The molecular formula is C13H22ClN5O2. The Morgan fingerprint density at radius 3 is 2.90 bits per heavy atom. The summed E-state index contributed by atoms with van der Waals surface area (Å²) in [5.41, 5.74) is -1.63. The van der Waals surface area contributed by atoms with E-state index in [4.69, 9.17) is 0 Å². The number of nitrogens with one attached hydrogen (secondary N) is 1. The number of nitrogens with zero attached hydrogens (tertiary/aromatic N) is 4. The van der Waals surface area contributed by atoms with E-state index in [2.05, 4.69) is 15.4 Å². The van der Waals surface area contributed by atoms with Crippen molar-refractivity contribution in [2.45, 2.75) is 44.4 Å². The van der Waals surface area contributed by atoms with Gasteiger partial charge in [0.15, 0.2) is 5.60 Å². The zero-order chi connectivity index (χ0) is 14.4. The molecule has 2 aliphatic rings. The zero-order valence-corrected chi connectivity index (χ0v) is 13.2. The predicted molar refractivity (Wildman–Crippen MR) is 79.2 cm³/mol. The third-order valence-corrected chi connectivity index (χ3v) is 4.33. The first-order valence-electron chi connectivity index (χ1n) is 7.04. The average molecular weight is 316 g/mol. The largest absolute Gasteiger partial charge is 0.379 e. The van der Waals surface area contributed by atoms with Gasteiger partial charge in [-0.25, -0.2) is 9.67 Å². The summed E-state index contributed by atoms with van der Waals surface area (Å²) in [5.74, 6) is 0.498. The van der Waals surface area contributed by atoms with Crippen LogP contribution < -0.4 is 5.32 Å². The molecular weight excluding hydrogens is 294 g/mol. The first kappa shape index (κ1) is 16.2. The van der Waals surface area contributed by atoms with Gasteiger partial charge in [0.1, 0.15) is 12.2 Å². The summed E-state index contributed by atoms with van der Waals surface area (Å²) >= 11 is 0. The second kappa shape index (κ2) is 5.55. The fourth-order valence-corrected chi connectivity index (χ4v) is 3.05. The fourth-order valence-electron chi connectivity index (χ4n) is 3.05. The number of halogens is 1. The first-order valence-corrected chi connectivity index (χ1v) is 7.04. The van der Waals surface area contributed by atoms with Crippen molar-refractivity contribution in [1.29, 1.82) is 0 Å². The summed E-state index contributed by atoms with van der Waals surface area (Å²) in [5, 5.41) is 18.2. The van der Waals surface area contributed by atoms with Gasteiger partial charge in [-0.05, 0) is 13.8 Å². The van der Waals surface area contributed by atoms with Crippen molar-refractivity contribution in [3.63, 3.8) is 0 Å². The van der Waals surface area contributed by atoms with E-state index in [1.807, 2.05) is 13.8 Å². The van der Waals surface area contributed by atoms with E-state index in [0.717, 1.165) is 13.1 Å². The molecule has 8 heteroatoms. The van der Waals surface area contributed by atoms with E-state index in [9.17, 15) is 9.90 Å². The molecule has 1 amide bonds. The maximum absolute atomic E-state index is 12.8. The van der Waals surface area contributed by atoms with E-state index in [-0.39, 0.29) is 30.3 Å². The number of carbonyl (C=O) groups excluding carboxylic acids is 1. The lowest BCUT2D eigenvalue weighted by Crippen LogP contribution is -2.65. The van der Waals surface area contributed by atoms with E-state index in [1.54, 1.807) is 9.58 Å². The average Bonchev–Trinajstić information content (AvgIpc) is 2.84. The molecule has 0 radical (unpaired) electrons. The van der Waals surface area contributed by atoms with E-state index in [1.165, 1.54) is 6.33 Å². The van der Waals surface area contributed by atoms with Gasteiger partial charge in [-0.3, -0.25) is 4.79 Å². The Balaban J connectivity index is 0.00000161. The summed E-state index contributed by atoms with van der Waals surface area (Å²) < 4.78 is 1.75. The lowest BCUT2D eigenvalue weighted by atomic mass is 9.88. The van der Waals surface area contributed by atoms with Gasteiger partial charge in [0, 0.05) is 44.6 Å². The highest BCUT2D eigenvalue weighted by molar-refractivity contribution is 5.86. The van der Waals surface area contributed by atoms with E-state index in [0.29, 0.717) is 25.3 Å². The predicted octanol–water partition coefficient (Wildman–Crippen LogP) is -0.412. The standard InChI is InChI=1S/C13H21N5O2.ClH/c1-12(2)8-14-4-6-17(12)11(19)13(20)3-5-18-10(7-13)15-9-16-18;/h9,14,20H,3-8H2,1-2H3;1H. The summed E-state index contributed by atoms with van der Waals surface area (Å²) in [6.07, 6.45) is 2.11. The minimum absolute atomic E-state index is 0. The van der Waals surface area contributed by atoms with Gasteiger partial charge < -0.3 is 15.3 Å². The Kier molecular flexibility index (Phi) is 4.28. The number of aryl methyl sites for hydroxylation is 1. The third-order valence-electron chi connectivity index (χ3n) is 4.33. The van der Waals surface area contributed by atoms with Crippen LogP contribution in [-0.4, -0.2) is 61.5 Å². The minimum Gasteiger partial charge on any atom is -0.379 e. The number of aromatic nitrogens is 3. The van der Waals surface area contributed by atoms with E-state index >= 15 is 0 Å². The topological polar surface area (TPSA) is 83.3 Å². The van der Waals surface area contributed by atoms with Gasteiger partial charge in [0.25, 0.3) is 5.91 Å². The first-order chi connectivity index (χ1) is 9.42. The van der Waals surface area contributed by atoms with Gasteiger partial charge in [-0.2, -0.15) is 5.10 Å². The zero-order valence-electron chi connectivity index (χ0n) is 12.4. The fraction of sp³-hybridized carbons (Fsp3) is 0.769. The number of hydrogen-bond acceptors (Lipinski definition) is 5. The lowest BCUT2D eigenvalue weighted by Gasteiger charge is -2.46. The number of carbonyl (C=O) groups is 1. The lowest BCUT2D eigenvalue weighted by molar-refractivity contribution is -0.160. The molecule has 7 nitrogen and oxygen atoms in total. The second-order valence-corrected chi connectivity index (χ2v) is 6.30. The summed E-state index contributed by atoms with van der Waals surface area (Å²) in [6.45, 7) is 6.70. The molecule has 3 heterocycles. The Hall–Kier alpha value is -1.18. The summed E-state index contributed by atoms with van der Waals surface area (Å²) in [7, 11) is 0. The van der Waals surface area contributed by atoms with Crippen LogP contribution in [0.15, 0.2) is 6.33 Å². The molecule has 1 saturated heterocycles. The van der Waals surface area contributed by atoms with Crippen molar-refractivity contribution in [2.24, 2.45) is 0 Å². The quantitative estimate of drug-likeness (QED) is 0.736. The Bertz CT molecular complexity index is 532. The molecule has 1 fully saturated rings. The summed E-state index contributed by atoms with van der Waals surface area (Å²) in [6, 6.07) is 0. The number of rotatable bonds is 1. The van der Waals surface area contributed by atoms with Crippen molar-refractivity contribution in [3.8, 4) is 0 Å². The van der Waals surface area contributed by atoms with Crippen LogP contribution in [0.1, 0.15) is 26.1 Å².